The fourth-order valence-corrected chi connectivity index (χ4v) is 5.99. The summed E-state index contributed by atoms with van der Waals surface area (Å²) in [5.74, 6) is -0.140. The number of nitrogen functional groups attached to an aromatic ring is 1. The van der Waals surface area contributed by atoms with Gasteiger partial charge in [-0.3, -0.25) is 9.59 Å². The second-order valence-electron chi connectivity index (χ2n) is 3.22. The first-order valence-electron chi connectivity index (χ1n) is 4.26. The molecule has 0 fully saturated rings. The van der Waals surface area contributed by atoms with Crippen molar-refractivity contribution in [3.8, 4) is 0 Å². The van der Waals surface area contributed by atoms with Crippen LogP contribution in [-0.4, -0.2) is 11.6 Å². The van der Waals surface area contributed by atoms with Crippen molar-refractivity contribution in [1.29, 1.82) is 0 Å². The molecule has 0 spiro atoms. The lowest BCUT2D eigenvalue weighted by atomic mass is 10.0. The number of carbonyl (C=O) groups is 2. The van der Waals surface area contributed by atoms with Crippen molar-refractivity contribution < 1.29 is 9.59 Å². The molecule has 0 atom stereocenters. The average Bonchev–Trinajstić information content (AvgIpc) is 2.13. The second kappa shape index (κ2) is 5.46. The van der Waals surface area contributed by atoms with Gasteiger partial charge in [-0.2, -0.15) is 0 Å². The van der Waals surface area contributed by atoms with Crippen molar-refractivity contribution in [3.63, 3.8) is 0 Å². The number of anilines is 1. The van der Waals surface area contributed by atoms with E-state index in [2.05, 4.69) is 0 Å². The van der Waals surface area contributed by atoms with E-state index < -0.39 is 0 Å². The molecule has 16 heavy (non-hydrogen) atoms. The van der Waals surface area contributed by atoms with Crippen LogP contribution >= 0.6 is 67.8 Å². The minimum Gasteiger partial charge on any atom is -0.397 e. The van der Waals surface area contributed by atoms with Crippen LogP contribution < -0.4 is 5.73 Å². The highest BCUT2D eigenvalue weighted by Gasteiger charge is 2.22. The number of Topliss-reactive ketones (excluding diaryl/α,β-unsaturated/α-hetero) is 2. The van der Waals surface area contributed by atoms with Crippen LogP contribution in [0.25, 0.3) is 0 Å². The first kappa shape index (κ1) is 14.6. The molecule has 1 aromatic rings. The smallest absolute Gasteiger partial charge is 0.162 e. The lowest BCUT2D eigenvalue weighted by Gasteiger charge is -2.13. The third-order valence-electron chi connectivity index (χ3n) is 2.06. The van der Waals surface area contributed by atoms with Crippen molar-refractivity contribution in [1.82, 2.24) is 0 Å². The normalized spacial score (nSPS) is 10.3. The van der Waals surface area contributed by atoms with E-state index in [4.69, 9.17) is 5.73 Å². The summed E-state index contributed by atoms with van der Waals surface area (Å²) in [6.07, 6.45) is 0. The van der Waals surface area contributed by atoms with Gasteiger partial charge in [0.1, 0.15) is 0 Å². The highest BCUT2D eigenvalue weighted by atomic mass is 127. The fraction of sp³-hybridized carbons (Fsp3) is 0.200. The number of benzene rings is 1. The van der Waals surface area contributed by atoms with Crippen molar-refractivity contribution >= 4 is 85.0 Å². The maximum absolute atomic E-state index is 11.5. The van der Waals surface area contributed by atoms with Gasteiger partial charge in [0.15, 0.2) is 11.6 Å². The Morgan fingerprint density at radius 1 is 0.875 bits per heavy atom. The quantitative estimate of drug-likeness (QED) is 0.346. The first-order valence-corrected chi connectivity index (χ1v) is 7.50. The van der Waals surface area contributed by atoms with Gasteiger partial charge < -0.3 is 5.73 Å². The monoisotopic (exact) mass is 555 g/mol. The third-order valence-corrected chi connectivity index (χ3v) is 5.37. The highest BCUT2D eigenvalue weighted by Crippen LogP contribution is 2.34. The summed E-state index contributed by atoms with van der Waals surface area (Å²) in [5.41, 5.74) is 7.51. The number of rotatable bonds is 2. The van der Waals surface area contributed by atoms with Gasteiger partial charge in [-0.25, -0.2) is 0 Å². The zero-order chi connectivity index (χ0) is 12.6. The molecule has 6 heteroatoms. The van der Waals surface area contributed by atoms with E-state index >= 15 is 0 Å². The van der Waals surface area contributed by atoms with Crippen LogP contribution in [0.4, 0.5) is 5.69 Å². The van der Waals surface area contributed by atoms with E-state index in [0.717, 1.165) is 7.14 Å². The Balaban J connectivity index is 3.80. The minimum absolute atomic E-state index is 0.0700. The second-order valence-corrected chi connectivity index (χ2v) is 6.45. The van der Waals surface area contributed by atoms with E-state index in [9.17, 15) is 9.59 Å². The maximum atomic E-state index is 11.5. The average molecular weight is 555 g/mol. The molecule has 0 aliphatic heterocycles. The SMILES string of the molecule is CC(=O)c1c(I)c(N)c(I)c(C(C)=O)c1I. The molecule has 0 radical (unpaired) electrons. The number of nitrogens with two attached hydrogens (primary N) is 1. The van der Waals surface area contributed by atoms with Crippen LogP contribution in [0.15, 0.2) is 0 Å². The number of halogens is 3. The van der Waals surface area contributed by atoms with Gasteiger partial charge in [0.05, 0.1) is 5.69 Å². The molecule has 1 aromatic carbocycles. The predicted octanol–water partition coefficient (Wildman–Crippen LogP) is 3.49. The third kappa shape index (κ3) is 2.52. The van der Waals surface area contributed by atoms with E-state index in [1.54, 1.807) is 0 Å². The van der Waals surface area contributed by atoms with Crippen LogP contribution in [0.3, 0.4) is 0 Å². The zero-order valence-electron chi connectivity index (χ0n) is 8.53. The van der Waals surface area contributed by atoms with Gasteiger partial charge in [0.2, 0.25) is 0 Å². The Hall–Kier alpha value is 0.550. The lowest BCUT2D eigenvalue weighted by Crippen LogP contribution is -2.12. The first-order chi connectivity index (χ1) is 7.29. The standard InChI is InChI=1S/C10H8I3NO2/c1-3(15)5-7(11)6(4(2)16)9(13)10(14)8(5)12/h14H2,1-2H3. The number of carbonyl (C=O) groups excluding carboxylic acids is 2. The molecule has 0 heterocycles. The van der Waals surface area contributed by atoms with E-state index in [1.807, 2.05) is 67.8 Å². The van der Waals surface area contributed by atoms with E-state index in [0.29, 0.717) is 20.4 Å². The summed E-state index contributed by atoms with van der Waals surface area (Å²) >= 11 is 6.12. The Kier molecular flexibility index (Phi) is 4.99. The van der Waals surface area contributed by atoms with Crippen molar-refractivity contribution in [2.45, 2.75) is 13.8 Å². The number of hydrogen-bond donors (Lipinski definition) is 1. The molecular formula is C10H8I3NO2. The maximum Gasteiger partial charge on any atom is 0.162 e. The van der Waals surface area contributed by atoms with E-state index in [1.165, 1.54) is 13.8 Å². The summed E-state index contributed by atoms with van der Waals surface area (Å²) < 4.78 is 2.15. The number of ketones is 2. The van der Waals surface area contributed by atoms with Gasteiger partial charge in [-0.1, -0.05) is 0 Å². The topological polar surface area (TPSA) is 60.2 Å². The molecule has 0 unspecified atom stereocenters. The number of hydrogen-bond acceptors (Lipinski definition) is 3. The summed E-state index contributed by atoms with van der Waals surface area (Å²) in [5, 5.41) is 0. The minimum atomic E-state index is -0.0700. The Labute approximate surface area is 134 Å². The molecule has 86 valence electrons. The Bertz CT molecular complexity index is 456. The van der Waals surface area contributed by atoms with Gasteiger partial charge in [-0.05, 0) is 81.6 Å². The zero-order valence-corrected chi connectivity index (χ0v) is 15.0. The molecule has 0 amide bonds. The van der Waals surface area contributed by atoms with Crippen molar-refractivity contribution in [2.24, 2.45) is 0 Å². The summed E-state index contributed by atoms with van der Waals surface area (Å²) in [6.45, 7) is 2.96. The molecule has 0 aliphatic carbocycles. The largest absolute Gasteiger partial charge is 0.397 e. The van der Waals surface area contributed by atoms with Crippen LogP contribution in [0.5, 0.6) is 0 Å². The van der Waals surface area contributed by atoms with Crippen LogP contribution in [0.1, 0.15) is 34.6 Å². The van der Waals surface area contributed by atoms with Crippen LogP contribution in [0.2, 0.25) is 0 Å². The van der Waals surface area contributed by atoms with Crippen LogP contribution in [0, 0.1) is 10.7 Å². The molecule has 0 saturated heterocycles. The highest BCUT2D eigenvalue weighted by molar-refractivity contribution is 14.1. The lowest BCUT2D eigenvalue weighted by molar-refractivity contribution is 0.101. The summed E-state index contributed by atoms with van der Waals surface area (Å²) in [4.78, 5) is 23.1. The molecule has 2 N–H and O–H groups in total. The molecule has 0 aromatic heterocycles. The van der Waals surface area contributed by atoms with Gasteiger partial charge >= 0.3 is 0 Å². The summed E-state index contributed by atoms with van der Waals surface area (Å²) in [6, 6.07) is 0. The molecule has 0 saturated carbocycles. The summed E-state index contributed by atoms with van der Waals surface area (Å²) in [7, 11) is 0. The van der Waals surface area contributed by atoms with E-state index in [-0.39, 0.29) is 11.6 Å². The van der Waals surface area contributed by atoms with Gasteiger partial charge in [0.25, 0.3) is 0 Å². The molecule has 1 rings (SSSR count). The molecule has 0 bridgehead atoms. The molecule has 3 nitrogen and oxygen atoms in total. The van der Waals surface area contributed by atoms with Gasteiger partial charge in [-0.15, -0.1) is 0 Å². The van der Waals surface area contributed by atoms with Crippen molar-refractivity contribution in [3.05, 3.63) is 21.8 Å². The van der Waals surface area contributed by atoms with Gasteiger partial charge in [0, 0.05) is 21.8 Å². The van der Waals surface area contributed by atoms with Crippen molar-refractivity contribution in [2.75, 3.05) is 5.73 Å². The van der Waals surface area contributed by atoms with Crippen LogP contribution in [-0.2, 0) is 0 Å². The molecule has 0 aliphatic rings. The Morgan fingerprint density at radius 2 is 1.19 bits per heavy atom. The fourth-order valence-electron chi connectivity index (χ4n) is 1.30. The molecular weight excluding hydrogens is 547 g/mol. The predicted molar refractivity (Wildman–Crippen MR) is 89.0 cm³/mol. The Morgan fingerprint density at radius 3 is 1.44 bits per heavy atom.